The number of ether oxygens (including phenoxy) is 1. The van der Waals surface area contributed by atoms with E-state index < -0.39 is 17.8 Å². The molecule has 3 rings (SSSR count). The molecule has 0 saturated carbocycles. The van der Waals surface area contributed by atoms with E-state index in [-0.39, 0.29) is 0 Å². The summed E-state index contributed by atoms with van der Waals surface area (Å²) in [7, 11) is 0. The molecule has 150 valence electrons. The van der Waals surface area contributed by atoms with Crippen molar-refractivity contribution in [1.82, 2.24) is 5.43 Å². The Morgan fingerprint density at radius 2 is 1.50 bits per heavy atom. The van der Waals surface area contributed by atoms with E-state index in [1.165, 1.54) is 6.21 Å². The van der Waals surface area contributed by atoms with Crippen LogP contribution in [0.3, 0.4) is 0 Å². The van der Waals surface area contributed by atoms with E-state index >= 15 is 0 Å². The van der Waals surface area contributed by atoms with Gasteiger partial charge in [-0.2, -0.15) is 5.10 Å². The Bertz CT molecular complexity index is 1060. The first-order valence-corrected chi connectivity index (χ1v) is 9.09. The fourth-order valence-corrected chi connectivity index (χ4v) is 2.40. The summed E-state index contributed by atoms with van der Waals surface area (Å²) in [5.74, 6) is -1.79. The Morgan fingerprint density at radius 3 is 2.17 bits per heavy atom. The molecule has 0 saturated heterocycles. The maximum Gasteiger partial charge on any atom is 0.343 e. The first-order chi connectivity index (χ1) is 14.5. The zero-order chi connectivity index (χ0) is 21.3. The van der Waals surface area contributed by atoms with Crippen molar-refractivity contribution in [1.29, 1.82) is 0 Å². The van der Waals surface area contributed by atoms with Gasteiger partial charge >= 0.3 is 17.8 Å². The predicted octanol–water partition coefficient (Wildman–Crippen LogP) is 3.30. The van der Waals surface area contributed by atoms with Gasteiger partial charge in [0.15, 0.2) is 0 Å². The van der Waals surface area contributed by atoms with Gasteiger partial charge in [-0.3, -0.25) is 9.59 Å². The van der Waals surface area contributed by atoms with Crippen molar-refractivity contribution in [3.05, 3.63) is 95.6 Å². The van der Waals surface area contributed by atoms with Crippen LogP contribution in [0.1, 0.15) is 21.5 Å². The number of hydrogen-bond donors (Lipinski definition) is 2. The van der Waals surface area contributed by atoms with Gasteiger partial charge in [-0.05, 0) is 61.0 Å². The summed E-state index contributed by atoms with van der Waals surface area (Å²) in [4.78, 5) is 35.7. The van der Waals surface area contributed by atoms with Crippen molar-refractivity contribution >= 4 is 29.7 Å². The van der Waals surface area contributed by atoms with Gasteiger partial charge in [0.05, 0.1) is 11.8 Å². The predicted molar refractivity (Wildman–Crippen MR) is 113 cm³/mol. The fourth-order valence-electron chi connectivity index (χ4n) is 2.40. The van der Waals surface area contributed by atoms with Crippen LogP contribution in [0.4, 0.5) is 5.69 Å². The highest BCUT2D eigenvalue weighted by atomic mass is 16.5. The second-order valence-corrected chi connectivity index (χ2v) is 6.34. The molecule has 30 heavy (non-hydrogen) atoms. The summed E-state index contributed by atoms with van der Waals surface area (Å²) in [6.45, 7) is 1.92. The molecule has 0 atom stereocenters. The van der Waals surface area contributed by atoms with Gasteiger partial charge in [0.25, 0.3) is 0 Å². The van der Waals surface area contributed by atoms with E-state index in [4.69, 9.17) is 4.74 Å². The average Bonchev–Trinajstić information content (AvgIpc) is 2.77. The van der Waals surface area contributed by atoms with Gasteiger partial charge < -0.3 is 10.1 Å². The molecule has 3 aromatic carbocycles. The number of nitrogens with zero attached hydrogens (tertiary/aromatic N) is 1. The van der Waals surface area contributed by atoms with Crippen LogP contribution in [0, 0.1) is 6.92 Å². The van der Waals surface area contributed by atoms with Crippen LogP contribution in [0.2, 0.25) is 0 Å². The van der Waals surface area contributed by atoms with E-state index in [1.54, 1.807) is 60.7 Å². The summed E-state index contributed by atoms with van der Waals surface area (Å²) in [6.07, 6.45) is 1.37. The van der Waals surface area contributed by atoms with Crippen LogP contribution in [-0.2, 0) is 9.59 Å². The molecule has 0 aliphatic rings. The second kappa shape index (κ2) is 9.79. The smallest absolute Gasteiger partial charge is 0.343 e. The van der Waals surface area contributed by atoms with E-state index in [1.807, 2.05) is 25.1 Å². The van der Waals surface area contributed by atoms with Crippen LogP contribution in [0.25, 0.3) is 0 Å². The van der Waals surface area contributed by atoms with Crippen molar-refractivity contribution in [3.63, 3.8) is 0 Å². The quantitative estimate of drug-likeness (QED) is 0.225. The molecule has 0 heterocycles. The Morgan fingerprint density at radius 1 is 0.833 bits per heavy atom. The number of hydrazone groups is 1. The number of carbonyl (C=O) groups is 3. The minimum Gasteiger partial charge on any atom is -0.423 e. The second-order valence-electron chi connectivity index (χ2n) is 6.34. The van der Waals surface area contributed by atoms with Crippen molar-refractivity contribution in [2.75, 3.05) is 5.32 Å². The van der Waals surface area contributed by atoms with Gasteiger partial charge in [-0.1, -0.05) is 35.9 Å². The third-order valence-electron chi connectivity index (χ3n) is 4.00. The van der Waals surface area contributed by atoms with Crippen molar-refractivity contribution in [2.45, 2.75) is 6.92 Å². The van der Waals surface area contributed by atoms with Crippen LogP contribution < -0.4 is 15.5 Å². The van der Waals surface area contributed by atoms with Gasteiger partial charge in [0.1, 0.15) is 5.75 Å². The maximum absolute atomic E-state index is 12.0. The lowest BCUT2D eigenvalue weighted by atomic mass is 10.2. The van der Waals surface area contributed by atoms with Gasteiger partial charge in [0.2, 0.25) is 0 Å². The SMILES string of the molecule is Cc1ccc(NC(=O)C(=O)N/N=C\c2ccc(OC(=O)c3ccccc3)cc2)cc1. The lowest BCUT2D eigenvalue weighted by Crippen LogP contribution is -2.32. The number of anilines is 1. The Kier molecular flexibility index (Phi) is 6.68. The summed E-state index contributed by atoms with van der Waals surface area (Å²) in [6, 6.07) is 22.3. The highest BCUT2D eigenvalue weighted by molar-refractivity contribution is 6.39. The third-order valence-corrected chi connectivity index (χ3v) is 4.00. The van der Waals surface area contributed by atoms with Gasteiger partial charge in [0, 0.05) is 5.69 Å². The largest absolute Gasteiger partial charge is 0.423 e. The summed E-state index contributed by atoms with van der Waals surface area (Å²) in [5, 5.41) is 6.25. The number of hydrogen-bond acceptors (Lipinski definition) is 5. The molecule has 0 radical (unpaired) electrons. The number of aryl methyl sites for hydroxylation is 1. The fraction of sp³-hybridized carbons (Fsp3) is 0.0435. The number of rotatable bonds is 5. The minimum atomic E-state index is -0.889. The monoisotopic (exact) mass is 401 g/mol. The number of esters is 1. The number of amides is 2. The standard InChI is InChI=1S/C23H19N3O4/c1-16-7-11-19(12-8-16)25-21(27)22(28)26-24-15-17-9-13-20(14-10-17)30-23(29)18-5-3-2-4-6-18/h2-15H,1H3,(H,25,27)(H,26,28)/b24-15-. The van der Waals surface area contributed by atoms with E-state index in [0.717, 1.165) is 5.56 Å². The van der Waals surface area contributed by atoms with Gasteiger partial charge in [-0.25, -0.2) is 10.2 Å². The number of nitrogens with one attached hydrogen (secondary N) is 2. The molecule has 0 aromatic heterocycles. The molecule has 0 aliphatic carbocycles. The average molecular weight is 401 g/mol. The van der Waals surface area contributed by atoms with E-state index in [2.05, 4.69) is 15.8 Å². The molecule has 0 unspecified atom stereocenters. The van der Waals surface area contributed by atoms with Crippen LogP contribution in [-0.4, -0.2) is 24.0 Å². The summed E-state index contributed by atoms with van der Waals surface area (Å²) >= 11 is 0. The summed E-state index contributed by atoms with van der Waals surface area (Å²) < 4.78 is 5.29. The van der Waals surface area contributed by atoms with Crippen LogP contribution in [0.15, 0.2) is 84.0 Å². The molecule has 2 amide bonds. The Balaban J connectivity index is 1.49. The lowest BCUT2D eigenvalue weighted by molar-refractivity contribution is -0.136. The first-order valence-electron chi connectivity index (χ1n) is 9.09. The summed E-state index contributed by atoms with van der Waals surface area (Å²) in [5.41, 5.74) is 4.83. The molecule has 3 aromatic rings. The zero-order valence-corrected chi connectivity index (χ0v) is 16.2. The van der Waals surface area contributed by atoms with E-state index in [0.29, 0.717) is 22.6 Å². The molecule has 7 heteroatoms. The number of benzene rings is 3. The molecule has 0 fully saturated rings. The normalized spacial score (nSPS) is 10.4. The highest BCUT2D eigenvalue weighted by Crippen LogP contribution is 2.13. The minimum absolute atomic E-state index is 0.377. The van der Waals surface area contributed by atoms with Crippen LogP contribution in [0.5, 0.6) is 5.75 Å². The van der Waals surface area contributed by atoms with E-state index in [9.17, 15) is 14.4 Å². The topological polar surface area (TPSA) is 96.9 Å². The molecular formula is C23H19N3O4. The molecular weight excluding hydrogens is 382 g/mol. The Labute approximate surface area is 173 Å². The lowest BCUT2D eigenvalue weighted by Gasteiger charge is -2.05. The zero-order valence-electron chi connectivity index (χ0n) is 16.2. The molecule has 0 spiro atoms. The molecule has 0 aliphatic heterocycles. The van der Waals surface area contributed by atoms with Crippen molar-refractivity contribution in [3.8, 4) is 5.75 Å². The van der Waals surface area contributed by atoms with Crippen molar-refractivity contribution < 1.29 is 19.1 Å². The third kappa shape index (κ3) is 5.87. The van der Waals surface area contributed by atoms with Crippen LogP contribution >= 0.6 is 0 Å². The number of carbonyl (C=O) groups excluding carboxylic acids is 3. The molecule has 0 bridgehead atoms. The van der Waals surface area contributed by atoms with Gasteiger partial charge in [-0.15, -0.1) is 0 Å². The molecule has 7 nitrogen and oxygen atoms in total. The Hall–Kier alpha value is -4.26. The highest BCUT2D eigenvalue weighted by Gasteiger charge is 2.12. The molecule has 2 N–H and O–H groups in total. The maximum atomic E-state index is 12.0. The first kappa shape index (κ1) is 20.5. The van der Waals surface area contributed by atoms with Crippen molar-refractivity contribution in [2.24, 2.45) is 5.10 Å².